The summed E-state index contributed by atoms with van der Waals surface area (Å²) >= 11 is 3.27. The first-order chi connectivity index (χ1) is 7.92. The van der Waals surface area contributed by atoms with E-state index in [1.165, 1.54) is 6.07 Å². The maximum atomic E-state index is 13.5. The lowest BCUT2D eigenvalue weighted by Crippen LogP contribution is -2.36. The first-order valence-electron chi connectivity index (χ1n) is 5.60. The second kappa shape index (κ2) is 5.74. The molecular weight excluding hydrogens is 285 g/mol. The maximum absolute atomic E-state index is 13.5. The van der Waals surface area contributed by atoms with E-state index in [9.17, 15) is 9.18 Å². The van der Waals surface area contributed by atoms with Crippen LogP contribution in [0.5, 0.6) is 0 Å². The minimum absolute atomic E-state index is 0.0144. The van der Waals surface area contributed by atoms with Crippen LogP contribution >= 0.6 is 15.9 Å². The number of hydrogen-bond donors (Lipinski definition) is 1. The van der Waals surface area contributed by atoms with Crippen LogP contribution in [0, 0.1) is 11.2 Å². The Morgan fingerprint density at radius 3 is 2.71 bits per heavy atom. The van der Waals surface area contributed by atoms with E-state index in [0.717, 1.165) is 4.47 Å². The van der Waals surface area contributed by atoms with Gasteiger partial charge in [0.05, 0.1) is 0 Å². The zero-order valence-electron chi connectivity index (χ0n) is 10.1. The summed E-state index contributed by atoms with van der Waals surface area (Å²) in [6, 6.07) is 4.61. The molecule has 17 heavy (non-hydrogen) atoms. The lowest BCUT2D eigenvalue weighted by Gasteiger charge is -2.24. The van der Waals surface area contributed by atoms with Crippen molar-refractivity contribution in [3.63, 3.8) is 0 Å². The smallest absolute Gasteiger partial charge is 0.144 e. The lowest BCUT2D eigenvalue weighted by atomic mass is 9.80. The lowest BCUT2D eigenvalue weighted by molar-refractivity contribution is -0.127. The van der Waals surface area contributed by atoms with Gasteiger partial charge in [-0.15, -0.1) is 0 Å². The van der Waals surface area contributed by atoms with E-state index in [1.54, 1.807) is 12.1 Å². The highest BCUT2D eigenvalue weighted by Gasteiger charge is 2.29. The molecule has 1 aromatic rings. The number of halogens is 2. The highest BCUT2D eigenvalue weighted by molar-refractivity contribution is 9.10. The number of rotatable bonds is 5. The van der Waals surface area contributed by atoms with Gasteiger partial charge < -0.3 is 5.73 Å². The highest BCUT2D eigenvalue weighted by atomic mass is 79.9. The third-order valence-corrected chi connectivity index (χ3v) is 3.76. The Kier molecular flexibility index (Phi) is 4.83. The molecule has 0 radical (unpaired) electrons. The standard InChI is InChI=1S/C13H17BrFNO/c1-3-13(2,8-16)12(17)7-9-6-10(14)4-5-11(9)15/h4-6H,3,7-8,16H2,1-2H3. The predicted octanol–water partition coefficient (Wildman–Crippen LogP) is 3.07. The molecule has 0 aliphatic carbocycles. The van der Waals surface area contributed by atoms with Crippen molar-refractivity contribution in [3.8, 4) is 0 Å². The van der Waals surface area contributed by atoms with Crippen LogP contribution in [0.4, 0.5) is 4.39 Å². The number of carbonyl (C=O) groups excluding carboxylic acids is 1. The fraction of sp³-hybridized carbons (Fsp3) is 0.462. The molecule has 0 saturated heterocycles. The van der Waals surface area contributed by atoms with E-state index in [0.29, 0.717) is 12.0 Å². The molecule has 0 amide bonds. The molecule has 1 unspecified atom stereocenters. The van der Waals surface area contributed by atoms with Gasteiger partial charge in [-0.05, 0) is 30.2 Å². The number of Topliss-reactive ketones (excluding diaryl/α,β-unsaturated/α-hetero) is 1. The van der Waals surface area contributed by atoms with Crippen molar-refractivity contribution in [1.82, 2.24) is 0 Å². The predicted molar refractivity (Wildman–Crippen MR) is 70.3 cm³/mol. The maximum Gasteiger partial charge on any atom is 0.144 e. The largest absolute Gasteiger partial charge is 0.329 e. The fourth-order valence-electron chi connectivity index (χ4n) is 1.52. The third kappa shape index (κ3) is 3.36. The van der Waals surface area contributed by atoms with Gasteiger partial charge in [0.2, 0.25) is 0 Å². The molecule has 2 N–H and O–H groups in total. The summed E-state index contributed by atoms with van der Waals surface area (Å²) in [6.07, 6.45) is 0.755. The Hall–Kier alpha value is -0.740. The van der Waals surface area contributed by atoms with Crippen LogP contribution in [-0.4, -0.2) is 12.3 Å². The van der Waals surface area contributed by atoms with Crippen molar-refractivity contribution >= 4 is 21.7 Å². The molecule has 4 heteroatoms. The van der Waals surface area contributed by atoms with Crippen LogP contribution in [-0.2, 0) is 11.2 Å². The summed E-state index contributed by atoms with van der Waals surface area (Å²) in [4.78, 5) is 12.1. The van der Waals surface area contributed by atoms with E-state index >= 15 is 0 Å². The van der Waals surface area contributed by atoms with Crippen molar-refractivity contribution in [2.75, 3.05) is 6.54 Å². The van der Waals surface area contributed by atoms with Crippen LogP contribution in [0.3, 0.4) is 0 Å². The van der Waals surface area contributed by atoms with Crippen molar-refractivity contribution in [3.05, 3.63) is 34.1 Å². The number of nitrogens with two attached hydrogens (primary N) is 1. The Balaban J connectivity index is 2.91. The molecule has 0 aliphatic heterocycles. The molecule has 0 bridgehead atoms. The minimum atomic E-state index is -0.561. The molecule has 1 rings (SSSR count). The summed E-state index contributed by atoms with van der Waals surface area (Å²) in [5.74, 6) is -0.364. The fourth-order valence-corrected chi connectivity index (χ4v) is 1.93. The average molecular weight is 302 g/mol. The normalized spacial score (nSPS) is 14.4. The van der Waals surface area contributed by atoms with E-state index in [4.69, 9.17) is 5.73 Å². The molecule has 0 aromatic heterocycles. The molecule has 2 nitrogen and oxygen atoms in total. The number of benzene rings is 1. The molecular formula is C13H17BrFNO. The van der Waals surface area contributed by atoms with Crippen LogP contribution in [0.1, 0.15) is 25.8 Å². The zero-order valence-corrected chi connectivity index (χ0v) is 11.7. The van der Waals surface area contributed by atoms with Gasteiger partial charge in [-0.1, -0.05) is 29.8 Å². The topological polar surface area (TPSA) is 43.1 Å². The second-order valence-electron chi connectivity index (χ2n) is 4.45. The van der Waals surface area contributed by atoms with Crippen LogP contribution in [0.25, 0.3) is 0 Å². The van der Waals surface area contributed by atoms with Gasteiger partial charge in [-0.25, -0.2) is 4.39 Å². The molecule has 0 aliphatic rings. The van der Waals surface area contributed by atoms with Gasteiger partial charge in [-0.3, -0.25) is 4.79 Å². The summed E-state index contributed by atoms with van der Waals surface area (Å²) in [5.41, 5.74) is 5.47. The van der Waals surface area contributed by atoms with E-state index < -0.39 is 5.41 Å². The molecule has 94 valence electrons. The Labute approximate surface area is 110 Å². The molecule has 0 saturated carbocycles. The van der Waals surface area contributed by atoms with Gasteiger partial charge >= 0.3 is 0 Å². The van der Waals surface area contributed by atoms with Gasteiger partial charge in [-0.2, -0.15) is 0 Å². The van der Waals surface area contributed by atoms with Gasteiger partial charge in [0.15, 0.2) is 0 Å². The van der Waals surface area contributed by atoms with Crippen molar-refractivity contribution < 1.29 is 9.18 Å². The molecule has 1 aromatic carbocycles. The summed E-state index contributed by atoms with van der Waals surface area (Å²) < 4.78 is 14.3. The highest BCUT2D eigenvalue weighted by Crippen LogP contribution is 2.24. The molecule has 1 atom stereocenters. The first kappa shape index (κ1) is 14.3. The van der Waals surface area contributed by atoms with Crippen molar-refractivity contribution in [1.29, 1.82) is 0 Å². The van der Waals surface area contributed by atoms with E-state index in [-0.39, 0.29) is 24.6 Å². The second-order valence-corrected chi connectivity index (χ2v) is 5.37. The van der Waals surface area contributed by atoms with E-state index in [1.807, 2.05) is 13.8 Å². The number of carbonyl (C=O) groups is 1. The summed E-state index contributed by atoms with van der Waals surface area (Å²) in [6.45, 7) is 4.03. The van der Waals surface area contributed by atoms with Crippen LogP contribution < -0.4 is 5.73 Å². The Morgan fingerprint density at radius 1 is 1.53 bits per heavy atom. The van der Waals surface area contributed by atoms with Crippen LogP contribution in [0.2, 0.25) is 0 Å². The zero-order chi connectivity index (χ0) is 13.1. The Bertz CT molecular complexity index is 416. The van der Waals surface area contributed by atoms with Gasteiger partial charge in [0, 0.05) is 22.9 Å². The van der Waals surface area contributed by atoms with Crippen LogP contribution in [0.15, 0.2) is 22.7 Å². The van der Waals surface area contributed by atoms with E-state index in [2.05, 4.69) is 15.9 Å². The van der Waals surface area contributed by atoms with Crippen molar-refractivity contribution in [2.45, 2.75) is 26.7 Å². The first-order valence-corrected chi connectivity index (χ1v) is 6.39. The third-order valence-electron chi connectivity index (χ3n) is 3.26. The number of hydrogen-bond acceptors (Lipinski definition) is 2. The summed E-state index contributed by atoms with van der Waals surface area (Å²) in [7, 11) is 0. The molecule has 0 heterocycles. The number of ketones is 1. The SMILES string of the molecule is CCC(C)(CN)C(=O)Cc1cc(Br)ccc1F. The minimum Gasteiger partial charge on any atom is -0.329 e. The Morgan fingerprint density at radius 2 is 2.18 bits per heavy atom. The average Bonchev–Trinajstić information content (AvgIpc) is 2.32. The van der Waals surface area contributed by atoms with Gasteiger partial charge in [0.25, 0.3) is 0 Å². The summed E-state index contributed by atoms with van der Waals surface area (Å²) in [5, 5.41) is 0. The monoisotopic (exact) mass is 301 g/mol. The van der Waals surface area contributed by atoms with Gasteiger partial charge in [0.1, 0.15) is 11.6 Å². The van der Waals surface area contributed by atoms with Crippen molar-refractivity contribution in [2.24, 2.45) is 11.1 Å². The quantitative estimate of drug-likeness (QED) is 0.908. The molecule has 0 spiro atoms. The molecule has 0 fully saturated rings.